The highest BCUT2D eigenvalue weighted by atomic mass is 127. The molecule has 19 heavy (non-hydrogen) atoms. The Balaban J connectivity index is 2.47. The van der Waals surface area contributed by atoms with Gasteiger partial charge in [0.05, 0.1) is 0 Å². The van der Waals surface area contributed by atoms with Crippen molar-refractivity contribution in [2.45, 2.75) is 0 Å². The second-order valence-electron chi connectivity index (χ2n) is 3.83. The largest absolute Gasteiger partial charge is 0.439 e. The third kappa shape index (κ3) is 3.70. The molecule has 7 heteroatoms. The topological polar surface area (TPSA) is 130 Å². The van der Waals surface area contributed by atoms with Crippen LogP contribution in [-0.4, -0.2) is 0 Å². The highest BCUT2D eigenvalue weighted by Crippen LogP contribution is 2.31. The lowest BCUT2D eigenvalue weighted by Crippen LogP contribution is -4.25. The summed E-state index contributed by atoms with van der Waals surface area (Å²) < 4.78 is 36.9. The van der Waals surface area contributed by atoms with Gasteiger partial charge >= 0.3 is 20.1 Å². The molecule has 2 aromatic rings. The maximum atomic E-state index is 10.8. The average Bonchev–Trinajstić information content (AvgIpc) is 2.29. The van der Waals surface area contributed by atoms with E-state index in [-0.39, 0.29) is 5.75 Å². The molecule has 6 nitrogen and oxygen atoms in total. The van der Waals surface area contributed by atoms with Crippen LogP contribution in [0, 0.1) is 0 Å². The van der Waals surface area contributed by atoms with Gasteiger partial charge in [-0.05, 0) is 29.8 Å². The first kappa shape index (κ1) is 13.9. The van der Waals surface area contributed by atoms with Crippen LogP contribution in [0.3, 0.4) is 0 Å². The monoisotopic (exact) mass is 374 g/mol. The van der Waals surface area contributed by atoms with E-state index in [0.29, 0.717) is 22.5 Å². The molecule has 0 aromatic heterocycles. The van der Waals surface area contributed by atoms with E-state index < -0.39 is 20.1 Å². The number of rotatable bonds is 3. The molecule has 2 aromatic carbocycles. The number of nitrogens with two attached hydrogens (primary N) is 2. The molecule has 0 fully saturated rings. The van der Waals surface area contributed by atoms with Crippen LogP contribution >= 0.6 is 0 Å². The standard InChI is InChI=1S/C12H11IN2O4/c14-9-3-1-8(2-4-9)11-6-5-10(15)7-12(11)19-13(16,17)18/h1-7H,14-15H2. The minimum atomic E-state index is -5.84. The zero-order chi connectivity index (χ0) is 14.0. The summed E-state index contributed by atoms with van der Waals surface area (Å²) in [5, 5.41) is 0. The van der Waals surface area contributed by atoms with Crippen molar-refractivity contribution in [3.8, 4) is 16.9 Å². The van der Waals surface area contributed by atoms with Gasteiger partial charge in [-0.2, -0.15) is 0 Å². The Kier molecular flexibility index (Phi) is 3.80. The highest BCUT2D eigenvalue weighted by molar-refractivity contribution is 5.73. The zero-order valence-corrected chi connectivity index (χ0v) is 11.9. The third-order valence-electron chi connectivity index (χ3n) is 2.40. The SMILES string of the molecule is Nc1ccc(-c2ccc(N)cc2O[I+3]([O-])([O-])[O-])cc1. The lowest BCUT2D eigenvalue weighted by molar-refractivity contribution is -1.91. The van der Waals surface area contributed by atoms with Gasteiger partial charge in [-0.3, -0.25) is 0 Å². The zero-order valence-electron chi connectivity index (χ0n) is 9.71. The van der Waals surface area contributed by atoms with E-state index in [0.717, 1.165) is 0 Å². The fourth-order valence-corrected chi connectivity index (χ4v) is 2.55. The van der Waals surface area contributed by atoms with Crippen LogP contribution in [-0.2, 0) is 0 Å². The van der Waals surface area contributed by atoms with Crippen LogP contribution in [0.5, 0.6) is 5.75 Å². The lowest BCUT2D eigenvalue weighted by Gasteiger charge is -2.10. The predicted octanol–water partition coefficient (Wildman–Crippen LogP) is -4.20. The van der Waals surface area contributed by atoms with Gasteiger partial charge in [0.15, 0.2) is 0 Å². The molecule has 0 aliphatic heterocycles. The van der Waals surface area contributed by atoms with Crippen LogP contribution in [0.4, 0.5) is 11.4 Å². The summed E-state index contributed by atoms with van der Waals surface area (Å²) in [4.78, 5) is 0. The van der Waals surface area contributed by atoms with Crippen molar-refractivity contribution in [2.75, 3.05) is 11.5 Å². The molecular weight excluding hydrogens is 363 g/mol. The number of anilines is 2. The molecule has 100 valence electrons. The number of benzene rings is 2. The number of hydrogen-bond donors (Lipinski definition) is 2. The van der Waals surface area contributed by atoms with Crippen molar-refractivity contribution >= 4 is 11.4 Å². The smallest absolute Gasteiger partial charge is 0.399 e. The summed E-state index contributed by atoms with van der Waals surface area (Å²) in [6, 6.07) is 11.2. The van der Waals surface area contributed by atoms with Crippen molar-refractivity contribution in [3.05, 3.63) is 42.5 Å². The Hall–Kier alpha value is -1.55. The summed E-state index contributed by atoms with van der Waals surface area (Å²) in [5.74, 6) is -0.0684. The van der Waals surface area contributed by atoms with Crippen LogP contribution in [0.25, 0.3) is 11.1 Å². The van der Waals surface area contributed by atoms with Gasteiger partial charge in [-0.15, -0.1) is 0 Å². The van der Waals surface area contributed by atoms with Crippen LogP contribution in [0.1, 0.15) is 0 Å². The molecule has 0 spiro atoms. The van der Waals surface area contributed by atoms with Gasteiger partial charge < -0.3 is 11.5 Å². The first-order valence-electron chi connectivity index (χ1n) is 5.21. The van der Waals surface area contributed by atoms with Gasteiger partial charge in [0.2, 0.25) is 0 Å². The minimum Gasteiger partial charge on any atom is -0.399 e. The molecule has 0 radical (unpaired) electrons. The van der Waals surface area contributed by atoms with Crippen LogP contribution in [0.2, 0.25) is 0 Å². The average molecular weight is 374 g/mol. The molecule has 0 unspecified atom stereocenters. The van der Waals surface area contributed by atoms with Gasteiger partial charge in [-0.25, -0.2) is 10.3 Å². The maximum absolute atomic E-state index is 10.8. The van der Waals surface area contributed by atoms with E-state index in [1.165, 1.54) is 6.07 Å². The first-order valence-corrected chi connectivity index (χ1v) is 8.73. The number of halogens is 1. The maximum Gasteiger partial charge on any atom is 0.439 e. The second kappa shape index (κ2) is 5.21. The Morgan fingerprint density at radius 3 is 2.00 bits per heavy atom. The van der Waals surface area contributed by atoms with E-state index >= 15 is 0 Å². The first-order chi connectivity index (χ1) is 8.85. The summed E-state index contributed by atoms with van der Waals surface area (Å²) in [7, 11) is 0. The molecule has 0 bridgehead atoms. The predicted molar refractivity (Wildman–Crippen MR) is 61.3 cm³/mol. The molecule has 0 aliphatic rings. The third-order valence-corrected chi connectivity index (χ3v) is 3.42. The Bertz CT molecular complexity index is 581. The molecule has 0 atom stereocenters. The molecule has 4 N–H and O–H groups in total. The Labute approximate surface area is 116 Å². The summed E-state index contributed by atoms with van der Waals surface area (Å²) in [6.07, 6.45) is 0. The van der Waals surface area contributed by atoms with Crippen molar-refractivity contribution < 1.29 is 33.5 Å². The second-order valence-corrected chi connectivity index (χ2v) is 6.43. The number of nitrogen functional groups attached to an aromatic ring is 2. The molecule has 0 aliphatic carbocycles. The van der Waals surface area contributed by atoms with Gasteiger partial charge in [-0.1, -0.05) is 15.2 Å². The minimum absolute atomic E-state index is 0.0684. The summed E-state index contributed by atoms with van der Waals surface area (Å²) in [6.45, 7) is 0. The fraction of sp³-hybridized carbons (Fsp3) is 0. The van der Waals surface area contributed by atoms with Crippen LogP contribution < -0.4 is 44.9 Å². The van der Waals surface area contributed by atoms with Gasteiger partial charge in [0, 0.05) is 23.0 Å². The number of hydrogen-bond acceptors (Lipinski definition) is 6. The quantitative estimate of drug-likeness (QED) is 0.414. The van der Waals surface area contributed by atoms with Crippen LogP contribution in [0.15, 0.2) is 42.5 Å². The van der Waals surface area contributed by atoms with Crippen molar-refractivity contribution in [3.63, 3.8) is 0 Å². The van der Waals surface area contributed by atoms with E-state index in [4.69, 9.17) is 11.5 Å². The Morgan fingerprint density at radius 2 is 1.42 bits per heavy atom. The van der Waals surface area contributed by atoms with Crippen molar-refractivity contribution in [2.24, 2.45) is 0 Å². The van der Waals surface area contributed by atoms with Gasteiger partial charge in [0.1, 0.15) is 0 Å². The Morgan fingerprint density at radius 1 is 0.842 bits per heavy atom. The van der Waals surface area contributed by atoms with Gasteiger partial charge in [0.25, 0.3) is 5.75 Å². The molecule has 0 saturated heterocycles. The summed E-state index contributed by atoms with van der Waals surface area (Å²) in [5.41, 5.74) is 13.2. The van der Waals surface area contributed by atoms with E-state index in [9.17, 15) is 10.3 Å². The van der Waals surface area contributed by atoms with E-state index in [1.54, 1.807) is 36.4 Å². The van der Waals surface area contributed by atoms with Crippen molar-refractivity contribution in [1.29, 1.82) is 0 Å². The van der Waals surface area contributed by atoms with E-state index in [2.05, 4.69) is 3.07 Å². The molecule has 0 heterocycles. The molecule has 2 rings (SSSR count). The fourth-order valence-electron chi connectivity index (χ4n) is 1.61. The van der Waals surface area contributed by atoms with E-state index in [1.807, 2.05) is 0 Å². The highest BCUT2D eigenvalue weighted by Gasteiger charge is 2.30. The lowest BCUT2D eigenvalue weighted by atomic mass is 10.0. The molecule has 0 amide bonds. The normalized spacial score (nSPS) is 11.3. The molecular formula is C12H11IN2O4. The molecule has 0 saturated carbocycles. The van der Waals surface area contributed by atoms with Crippen molar-refractivity contribution in [1.82, 2.24) is 0 Å². The summed E-state index contributed by atoms with van der Waals surface area (Å²) >= 11 is -5.84.